The molecular formula is C17H26N2S. The topological polar surface area (TPSA) is 24.4 Å². The van der Waals surface area contributed by atoms with Crippen LogP contribution in [0.15, 0.2) is 35.3 Å². The van der Waals surface area contributed by atoms with Crippen LogP contribution < -0.4 is 5.32 Å². The molecule has 2 rings (SSSR count). The second-order valence-electron chi connectivity index (χ2n) is 5.55. The maximum absolute atomic E-state index is 4.88. The van der Waals surface area contributed by atoms with Crippen molar-refractivity contribution in [2.24, 2.45) is 4.99 Å². The quantitative estimate of drug-likeness (QED) is 0.846. The van der Waals surface area contributed by atoms with Crippen molar-refractivity contribution in [1.29, 1.82) is 0 Å². The van der Waals surface area contributed by atoms with Gasteiger partial charge in [0.05, 0.1) is 6.04 Å². The number of benzene rings is 1. The minimum atomic E-state index is 0.230. The van der Waals surface area contributed by atoms with Gasteiger partial charge in [-0.1, -0.05) is 62.9 Å². The molecule has 1 atom stereocenters. The Balaban J connectivity index is 1.96. The third-order valence-corrected chi connectivity index (χ3v) is 5.46. The average molecular weight is 290 g/mol. The summed E-state index contributed by atoms with van der Waals surface area (Å²) in [5, 5.41) is 4.86. The highest BCUT2D eigenvalue weighted by atomic mass is 32.2. The summed E-state index contributed by atoms with van der Waals surface area (Å²) in [6, 6.07) is 11.1. The minimum Gasteiger partial charge on any atom is -0.360 e. The van der Waals surface area contributed by atoms with Gasteiger partial charge in [-0.25, -0.2) is 0 Å². The van der Waals surface area contributed by atoms with Gasteiger partial charge in [-0.3, -0.25) is 4.99 Å². The van der Waals surface area contributed by atoms with Crippen LogP contribution in [0, 0.1) is 0 Å². The van der Waals surface area contributed by atoms with E-state index in [2.05, 4.69) is 56.4 Å². The molecule has 1 unspecified atom stereocenters. The first-order valence-electron chi connectivity index (χ1n) is 7.74. The number of nitrogens with one attached hydrogen (secondary N) is 1. The van der Waals surface area contributed by atoms with Gasteiger partial charge in [0.2, 0.25) is 0 Å². The van der Waals surface area contributed by atoms with Gasteiger partial charge in [-0.15, -0.1) is 0 Å². The number of hydrogen-bond donors (Lipinski definition) is 1. The molecule has 1 aromatic carbocycles. The zero-order valence-electron chi connectivity index (χ0n) is 12.9. The Morgan fingerprint density at radius 1 is 1.15 bits per heavy atom. The number of thioether (sulfide) groups is 1. The lowest BCUT2D eigenvalue weighted by Crippen LogP contribution is -2.45. The van der Waals surface area contributed by atoms with Crippen molar-refractivity contribution in [3.63, 3.8) is 0 Å². The lowest BCUT2D eigenvalue weighted by Gasteiger charge is -2.32. The largest absolute Gasteiger partial charge is 0.360 e. The van der Waals surface area contributed by atoms with Gasteiger partial charge in [0.1, 0.15) is 0 Å². The van der Waals surface area contributed by atoms with Crippen LogP contribution in [-0.4, -0.2) is 22.5 Å². The van der Waals surface area contributed by atoms with Crippen LogP contribution in [0.2, 0.25) is 0 Å². The van der Waals surface area contributed by atoms with Gasteiger partial charge in [-0.2, -0.15) is 0 Å². The number of hydrogen-bond acceptors (Lipinski definition) is 3. The van der Waals surface area contributed by atoms with Gasteiger partial charge in [-0.05, 0) is 31.2 Å². The van der Waals surface area contributed by atoms with E-state index < -0.39 is 0 Å². The maximum atomic E-state index is 4.88. The highest BCUT2D eigenvalue weighted by molar-refractivity contribution is 8.14. The van der Waals surface area contributed by atoms with Crippen LogP contribution >= 0.6 is 11.8 Å². The first kappa shape index (κ1) is 15.4. The molecule has 0 saturated heterocycles. The second kappa shape index (κ2) is 7.16. The number of aliphatic imine (C=N–C) groups is 1. The van der Waals surface area contributed by atoms with Crippen molar-refractivity contribution in [3.05, 3.63) is 35.9 Å². The van der Waals surface area contributed by atoms with Gasteiger partial charge in [0.15, 0.2) is 5.17 Å². The van der Waals surface area contributed by atoms with Crippen molar-refractivity contribution in [2.75, 3.05) is 5.75 Å². The minimum absolute atomic E-state index is 0.230. The van der Waals surface area contributed by atoms with E-state index in [4.69, 9.17) is 4.99 Å². The Morgan fingerprint density at radius 3 is 2.40 bits per heavy atom. The Kier molecular flexibility index (Phi) is 5.53. The van der Waals surface area contributed by atoms with E-state index in [1.165, 1.54) is 5.56 Å². The standard InChI is InChI=1S/C17H26N2S/c1-4-17(5-2,6-3)19-16-18-15(13-20-16)12-14-10-8-7-9-11-14/h7-11,15H,4-6,12-13H2,1-3H3,(H,18,19). The molecule has 0 fully saturated rings. The van der Waals surface area contributed by atoms with Gasteiger partial charge >= 0.3 is 0 Å². The summed E-state index contributed by atoms with van der Waals surface area (Å²) in [5.41, 5.74) is 1.61. The average Bonchev–Trinajstić information content (AvgIpc) is 2.93. The molecule has 1 aliphatic heterocycles. The summed E-state index contributed by atoms with van der Waals surface area (Å²) in [5.74, 6) is 1.10. The summed E-state index contributed by atoms with van der Waals surface area (Å²) in [6.45, 7) is 6.80. The molecule has 1 aromatic rings. The van der Waals surface area contributed by atoms with Crippen LogP contribution in [0.3, 0.4) is 0 Å². The molecule has 1 aliphatic rings. The Hall–Kier alpha value is -0.960. The maximum Gasteiger partial charge on any atom is 0.157 e. The van der Waals surface area contributed by atoms with Gasteiger partial charge < -0.3 is 5.32 Å². The molecule has 0 aromatic heterocycles. The van der Waals surface area contributed by atoms with Crippen molar-refractivity contribution in [2.45, 2.75) is 58.0 Å². The molecule has 110 valence electrons. The Morgan fingerprint density at radius 2 is 1.80 bits per heavy atom. The highest BCUT2D eigenvalue weighted by Crippen LogP contribution is 2.25. The first-order valence-corrected chi connectivity index (χ1v) is 8.72. The van der Waals surface area contributed by atoms with E-state index in [0.717, 1.165) is 36.6 Å². The molecule has 0 amide bonds. The molecular weight excluding hydrogens is 264 g/mol. The van der Waals surface area contributed by atoms with Crippen LogP contribution in [0.1, 0.15) is 45.6 Å². The molecule has 0 saturated carbocycles. The molecule has 0 bridgehead atoms. The number of nitrogens with zero attached hydrogens (tertiary/aromatic N) is 1. The molecule has 0 radical (unpaired) electrons. The summed E-state index contributed by atoms with van der Waals surface area (Å²) in [7, 11) is 0. The number of rotatable bonds is 6. The van der Waals surface area contributed by atoms with E-state index in [9.17, 15) is 0 Å². The fourth-order valence-corrected chi connectivity index (χ4v) is 3.77. The molecule has 1 N–H and O–H groups in total. The van der Waals surface area contributed by atoms with Gasteiger partial charge in [0.25, 0.3) is 0 Å². The smallest absolute Gasteiger partial charge is 0.157 e. The normalized spacial score (nSPS) is 18.9. The summed E-state index contributed by atoms with van der Waals surface area (Å²) in [6.07, 6.45) is 4.52. The van der Waals surface area contributed by atoms with Crippen LogP contribution in [0.25, 0.3) is 0 Å². The molecule has 0 aliphatic carbocycles. The van der Waals surface area contributed by atoms with E-state index in [1.54, 1.807) is 0 Å². The van der Waals surface area contributed by atoms with Gasteiger partial charge in [0, 0.05) is 11.3 Å². The lowest BCUT2D eigenvalue weighted by molar-refractivity contribution is 0.341. The van der Waals surface area contributed by atoms with Crippen LogP contribution in [0.4, 0.5) is 0 Å². The van der Waals surface area contributed by atoms with Crippen molar-refractivity contribution >= 4 is 16.9 Å². The summed E-state index contributed by atoms with van der Waals surface area (Å²) in [4.78, 5) is 4.88. The second-order valence-corrected chi connectivity index (χ2v) is 6.56. The summed E-state index contributed by atoms with van der Waals surface area (Å²) < 4.78 is 0. The SMILES string of the molecule is CCC(CC)(CC)NC1=NC(Cc2ccccc2)CS1. The molecule has 0 spiro atoms. The van der Waals surface area contributed by atoms with E-state index in [-0.39, 0.29) is 5.54 Å². The predicted octanol–water partition coefficient (Wildman–Crippen LogP) is 4.26. The van der Waals surface area contributed by atoms with E-state index in [0.29, 0.717) is 6.04 Å². The first-order chi connectivity index (χ1) is 9.71. The predicted molar refractivity (Wildman–Crippen MR) is 90.6 cm³/mol. The summed E-state index contributed by atoms with van der Waals surface area (Å²) >= 11 is 1.88. The highest BCUT2D eigenvalue weighted by Gasteiger charge is 2.28. The van der Waals surface area contributed by atoms with Crippen molar-refractivity contribution in [1.82, 2.24) is 5.32 Å². The van der Waals surface area contributed by atoms with E-state index >= 15 is 0 Å². The molecule has 2 nitrogen and oxygen atoms in total. The fraction of sp³-hybridized carbons (Fsp3) is 0.588. The molecule has 20 heavy (non-hydrogen) atoms. The van der Waals surface area contributed by atoms with Crippen molar-refractivity contribution in [3.8, 4) is 0 Å². The van der Waals surface area contributed by atoms with Crippen LogP contribution in [-0.2, 0) is 6.42 Å². The third-order valence-electron chi connectivity index (χ3n) is 4.43. The fourth-order valence-electron chi connectivity index (χ4n) is 2.72. The van der Waals surface area contributed by atoms with E-state index in [1.807, 2.05) is 11.8 Å². The van der Waals surface area contributed by atoms with Crippen molar-refractivity contribution < 1.29 is 0 Å². The van der Waals surface area contributed by atoms with Crippen LogP contribution in [0.5, 0.6) is 0 Å². The Labute approximate surface area is 127 Å². The number of amidine groups is 1. The lowest BCUT2D eigenvalue weighted by atomic mass is 9.90. The molecule has 3 heteroatoms. The monoisotopic (exact) mass is 290 g/mol. The third kappa shape index (κ3) is 3.78. The zero-order valence-corrected chi connectivity index (χ0v) is 13.7. The zero-order chi connectivity index (χ0) is 14.4. The Bertz CT molecular complexity index is 429. The molecule has 1 heterocycles.